The Morgan fingerprint density at radius 3 is 2.71 bits per heavy atom. The number of nitrogens with zero attached hydrogens (tertiary/aromatic N) is 1. The predicted octanol–water partition coefficient (Wildman–Crippen LogP) is 1.91. The van der Waals surface area contributed by atoms with E-state index in [0.717, 1.165) is 31.3 Å². The van der Waals surface area contributed by atoms with Crippen LogP contribution in [0.4, 0.5) is 5.88 Å². The Kier molecular flexibility index (Phi) is 1.98. The van der Waals surface area contributed by atoms with E-state index in [-0.39, 0.29) is 0 Å². The summed E-state index contributed by atoms with van der Waals surface area (Å²) in [6.07, 6.45) is 3.98. The first kappa shape index (κ1) is 8.36. The Labute approximate surface area is 84.1 Å². The van der Waals surface area contributed by atoms with Crippen molar-refractivity contribution in [3.8, 4) is 0 Å². The van der Waals surface area contributed by atoms with Crippen molar-refractivity contribution in [2.24, 2.45) is 0 Å². The van der Waals surface area contributed by atoms with Crippen LogP contribution in [0.5, 0.6) is 0 Å². The molecule has 0 aromatic carbocycles. The number of furan rings is 1. The lowest BCUT2D eigenvalue weighted by molar-refractivity contribution is 0.472. The van der Waals surface area contributed by atoms with Gasteiger partial charge in [0, 0.05) is 25.7 Å². The monoisotopic (exact) mass is 192 g/mol. The predicted molar refractivity (Wildman–Crippen MR) is 55.5 cm³/mol. The van der Waals surface area contributed by atoms with Crippen LogP contribution in [0.2, 0.25) is 0 Å². The highest BCUT2D eigenvalue weighted by Gasteiger charge is 2.26. The van der Waals surface area contributed by atoms with Crippen molar-refractivity contribution in [3.63, 3.8) is 0 Å². The zero-order chi connectivity index (χ0) is 9.38. The highest BCUT2D eigenvalue weighted by molar-refractivity contribution is 5.38. The first-order chi connectivity index (χ1) is 6.93. The fourth-order valence-corrected chi connectivity index (χ4v) is 2.07. The quantitative estimate of drug-likeness (QED) is 0.727. The van der Waals surface area contributed by atoms with E-state index in [1.54, 1.807) is 0 Å². The van der Waals surface area contributed by atoms with Crippen LogP contribution in [0, 0.1) is 0 Å². The molecule has 0 aliphatic carbocycles. The molecule has 3 rings (SSSR count). The molecular formula is C11H16N2O. The van der Waals surface area contributed by atoms with E-state index in [1.165, 1.54) is 19.3 Å². The first-order valence-electron chi connectivity index (χ1n) is 5.51. The molecule has 3 nitrogen and oxygen atoms in total. The number of nitrogens with one attached hydrogen (secondary N) is 1. The number of hydrogen-bond donors (Lipinski definition) is 1. The molecule has 3 heteroatoms. The van der Waals surface area contributed by atoms with Gasteiger partial charge in [0.2, 0.25) is 0 Å². The maximum absolute atomic E-state index is 5.81. The zero-order valence-electron chi connectivity index (χ0n) is 8.33. The summed E-state index contributed by atoms with van der Waals surface area (Å²) >= 11 is 0. The van der Waals surface area contributed by atoms with Gasteiger partial charge in [0.25, 0.3) is 0 Å². The summed E-state index contributed by atoms with van der Waals surface area (Å²) in [5, 5.41) is 3.25. The molecule has 0 amide bonds. The molecule has 2 aliphatic rings. The molecule has 2 saturated heterocycles. The lowest BCUT2D eigenvalue weighted by atomic mass is 10.1. The van der Waals surface area contributed by atoms with Crippen LogP contribution in [0.25, 0.3) is 0 Å². The van der Waals surface area contributed by atoms with Crippen LogP contribution < -0.4 is 10.2 Å². The van der Waals surface area contributed by atoms with E-state index in [9.17, 15) is 0 Å². The van der Waals surface area contributed by atoms with Gasteiger partial charge in [-0.2, -0.15) is 0 Å². The van der Waals surface area contributed by atoms with Crippen LogP contribution in [-0.4, -0.2) is 19.6 Å². The Bertz CT molecular complexity index is 311. The van der Waals surface area contributed by atoms with E-state index in [1.807, 2.05) is 0 Å². The Hall–Kier alpha value is -0.960. The number of anilines is 1. The molecule has 2 fully saturated rings. The smallest absolute Gasteiger partial charge is 0.195 e. The van der Waals surface area contributed by atoms with Gasteiger partial charge in [0.15, 0.2) is 5.88 Å². The zero-order valence-corrected chi connectivity index (χ0v) is 8.33. The minimum Gasteiger partial charge on any atom is -0.444 e. The van der Waals surface area contributed by atoms with Crippen molar-refractivity contribution >= 4 is 5.88 Å². The van der Waals surface area contributed by atoms with Gasteiger partial charge in [0.1, 0.15) is 5.76 Å². The van der Waals surface area contributed by atoms with Crippen LogP contribution in [0.15, 0.2) is 16.5 Å². The van der Waals surface area contributed by atoms with Gasteiger partial charge in [-0.15, -0.1) is 0 Å². The summed E-state index contributed by atoms with van der Waals surface area (Å²) in [5.74, 6) is 2.17. The third-order valence-electron chi connectivity index (χ3n) is 3.03. The molecule has 2 aliphatic heterocycles. The van der Waals surface area contributed by atoms with Crippen molar-refractivity contribution in [1.82, 2.24) is 5.32 Å². The van der Waals surface area contributed by atoms with Gasteiger partial charge < -0.3 is 14.6 Å². The molecule has 0 spiro atoms. The van der Waals surface area contributed by atoms with Gasteiger partial charge >= 0.3 is 0 Å². The highest BCUT2D eigenvalue weighted by atomic mass is 16.4. The van der Waals surface area contributed by atoms with Gasteiger partial charge in [-0.1, -0.05) is 0 Å². The second-order valence-electron chi connectivity index (χ2n) is 4.18. The molecule has 0 bridgehead atoms. The van der Waals surface area contributed by atoms with Crippen molar-refractivity contribution in [1.29, 1.82) is 0 Å². The molecular weight excluding hydrogens is 176 g/mol. The summed E-state index contributed by atoms with van der Waals surface area (Å²) in [7, 11) is 0. The van der Waals surface area contributed by atoms with Gasteiger partial charge in [0.05, 0.1) is 6.04 Å². The molecule has 1 N–H and O–H groups in total. The standard InChI is InChI=1S/C11H16N2O/c1-2-6-13(7-3-1)11-5-4-10(14-11)9-8-12-9/h4-5,9,12H,1-3,6-8H2/t9-/m1/s1. The molecule has 76 valence electrons. The van der Waals surface area contributed by atoms with Crippen LogP contribution in [-0.2, 0) is 0 Å². The van der Waals surface area contributed by atoms with E-state index >= 15 is 0 Å². The normalized spacial score (nSPS) is 26.6. The van der Waals surface area contributed by atoms with Crippen LogP contribution >= 0.6 is 0 Å². The van der Waals surface area contributed by atoms with Gasteiger partial charge in [-0.05, 0) is 25.3 Å². The molecule has 0 unspecified atom stereocenters. The molecule has 1 aromatic rings. The summed E-state index contributed by atoms with van der Waals surface area (Å²) in [5.41, 5.74) is 0. The van der Waals surface area contributed by atoms with Crippen molar-refractivity contribution < 1.29 is 4.42 Å². The minimum absolute atomic E-state index is 0.494. The third-order valence-corrected chi connectivity index (χ3v) is 3.03. The van der Waals surface area contributed by atoms with Gasteiger partial charge in [-0.25, -0.2) is 0 Å². The number of piperidine rings is 1. The molecule has 14 heavy (non-hydrogen) atoms. The SMILES string of the molecule is c1cc(N2CCCCC2)oc1[C@H]1CN1. The number of hydrogen-bond acceptors (Lipinski definition) is 3. The second kappa shape index (κ2) is 3.31. The molecule has 1 aromatic heterocycles. The van der Waals surface area contributed by atoms with E-state index in [0.29, 0.717) is 6.04 Å². The Morgan fingerprint density at radius 2 is 2.00 bits per heavy atom. The molecule has 0 saturated carbocycles. The topological polar surface area (TPSA) is 38.3 Å². The fraction of sp³-hybridized carbons (Fsp3) is 0.636. The maximum atomic E-state index is 5.81. The van der Waals surface area contributed by atoms with E-state index in [2.05, 4.69) is 22.3 Å². The Balaban J connectivity index is 1.74. The first-order valence-corrected chi connectivity index (χ1v) is 5.51. The van der Waals surface area contributed by atoms with Gasteiger partial charge in [-0.3, -0.25) is 0 Å². The fourth-order valence-electron chi connectivity index (χ4n) is 2.07. The maximum Gasteiger partial charge on any atom is 0.195 e. The lowest BCUT2D eigenvalue weighted by Crippen LogP contribution is -2.28. The largest absolute Gasteiger partial charge is 0.444 e. The lowest BCUT2D eigenvalue weighted by Gasteiger charge is -2.25. The van der Waals surface area contributed by atoms with Crippen LogP contribution in [0.1, 0.15) is 31.1 Å². The van der Waals surface area contributed by atoms with Crippen molar-refractivity contribution in [2.45, 2.75) is 25.3 Å². The third kappa shape index (κ3) is 1.52. The molecule has 3 heterocycles. The van der Waals surface area contributed by atoms with E-state index in [4.69, 9.17) is 4.42 Å². The molecule has 1 atom stereocenters. The second-order valence-corrected chi connectivity index (χ2v) is 4.18. The summed E-state index contributed by atoms with van der Waals surface area (Å²) in [4.78, 5) is 2.36. The average Bonchev–Trinajstić information content (AvgIpc) is 2.98. The van der Waals surface area contributed by atoms with Crippen molar-refractivity contribution in [2.75, 3.05) is 24.5 Å². The van der Waals surface area contributed by atoms with E-state index < -0.39 is 0 Å². The average molecular weight is 192 g/mol. The van der Waals surface area contributed by atoms with Crippen LogP contribution in [0.3, 0.4) is 0 Å². The highest BCUT2D eigenvalue weighted by Crippen LogP contribution is 2.29. The summed E-state index contributed by atoms with van der Waals surface area (Å²) in [6.45, 7) is 3.39. The Morgan fingerprint density at radius 1 is 1.21 bits per heavy atom. The minimum atomic E-state index is 0.494. The number of rotatable bonds is 2. The summed E-state index contributed by atoms with van der Waals surface area (Å²) < 4.78 is 5.81. The van der Waals surface area contributed by atoms with Crippen molar-refractivity contribution in [3.05, 3.63) is 17.9 Å². The molecule has 0 radical (unpaired) electrons. The summed E-state index contributed by atoms with van der Waals surface area (Å²) in [6, 6.07) is 4.71.